The Bertz CT molecular complexity index is 633. The number of ether oxygens (including phenoxy) is 1. The lowest BCUT2D eigenvalue weighted by atomic mass is 10.00. The van der Waals surface area contributed by atoms with Gasteiger partial charge >= 0.3 is 5.97 Å². The van der Waals surface area contributed by atoms with E-state index >= 15 is 0 Å². The maximum Gasteiger partial charge on any atom is 0.304 e. The lowest BCUT2D eigenvalue weighted by Gasteiger charge is -2.07. The van der Waals surface area contributed by atoms with Crippen LogP contribution in [0.5, 0.6) is 5.75 Å². The van der Waals surface area contributed by atoms with E-state index in [4.69, 9.17) is 21.4 Å². The van der Waals surface area contributed by atoms with E-state index in [0.717, 1.165) is 22.2 Å². The van der Waals surface area contributed by atoms with Gasteiger partial charge in [-0.3, -0.25) is 4.79 Å². The summed E-state index contributed by atoms with van der Waals surface area (Å²) in [6.07, 6.45) is 0.0958. The van der Waals surface area contributed by atoms with Crippen molar-refractivity contribution in [3.8, 4) is 5.75 Å². The first-order chi connectivity index (χ1) is 8.93. The van der Waals surface area contributed by atoms with Crippen LogP contribution in [0.1, 0.15) is 30.5 Å². The zero-order chi connectivity index (χ0) is 14.2. The molecular formula is C14H16ClNO3. The minimum atomic E-state index is -0.804. The molecule has 2 aromatic rings. The Morgan fingerprint density at radius 3 is 2.79 bits per heavy atom. The van der Waals surface area contributed by atoms with Crippen molar-refractivity contribution in [1.29, 1.82) is 0 Å². The molecule has 0 bridgehead atoms. The number of nitrogens with one attached hydrogen (secondary N) is 1. The first kappa shape index (κ1) is 13.7. The summed E-state index contributed by atoms with van der Waals surface area (Å²) < 4.78 is 5.20. The van der Waals surface area contributed by atoms with E-state index in [1.165, 1.54) is 0 Å². The van der Waals surface area contributed by atoms with E-state index < -0.39 is 5.97 Å². The number of fused-ring (bicyclic) bond motifs is 1. The fourth-order valence-electron chi connectivity index (χ4n) is 2.36. The summed E-state index contributed by atoms with van der Waals surface area (Å²) in [5, 5.41) is 10.4. The minimum absolute atomic E-state index is 0.0744. The van der Waals surface area contributed by atoms with Crippen LogP contribution in [0.2, 0.25) is 5.02 Å². The number of benzene rings is 1. The molecule has 0 spiro atoms. The molecule has 5 heteroatoms. The number of aromatic amines is 1. The highest BCUT2D eigenvalue weighted by Gasteiger charge is 2.17. The molecule has 1 unspecified atom stereocenters. The van der Waals surface area contributed by atoms with Crippen molar-refractivity contribution in [2.45, 2.75) is 26.2 Å². The lowest BCUT2D eigenvalue weighted by Crippen LogP contribution is -2.04. The Morgan fingerprint density at radius 2 is 2.21 bits per heavy atom. The number of carboxylic acids is 1. The van der Waals surface area contributed by atoms with Crippen LogP contribution in [0.25, 0.3) is 10.9 Å². The Labute approximate surface area is 116 Å². The average molecular weight is 282 g/mol. The highest BCUT2D eigenvalue weighted by molar-refractivity contribution is 6.32. The summed E-state index contributed by atoms with van der Waals surface area (Å²) in [6.45, 7) is 3.87. The lowest BCUT2D eigenvalue weighted by molar-refractivity contribution is -0.137. The predicted octanol–water partition coefficient (Wildman–Crippen LogP) is 3.72. The van der Waals surface area contributed by atoms with E-state index in [1.807, 2.05) is 19.9 Å². The second kappa shape index (κ2) is 5.13. The second-order valence-corrected chi connectivity index (χ2v) is 5.10. The third-order valence-electron chi connectivity index (χ3n) is 3.34. The number of H-pyrrole nitrogens is 1. The Balaban J connectivity index is 2.53. The van der Waals surface area contributed by atoms with Crippen molar-refractivity contribution >= 4 is 28.5 Å². The van der Waals surface area contributed by atoms with Crippen LogP contribution in [0.3, 0.4) is 0 Å². The van der Waals surface area contributed by atoms with Crippen molar-refractivity contribution in [3.63, 3.8) is 0 Å². The number of carboxylic acid groups (broad SMARTS) is 1. The summed E-state index contributed by atoms with van der Waals surface area (Å²) in [5.41, 5.74) is 2.87. The highest BCUT2D eigenvalue weighted by Crippen LogP contribution is 2.35. The number of rotatable bonds is 4. The fraction of sp³-hybridized carbons (Fsp3) is 0.357. The van der Waals surface area contributed by atoms with Gasteiger partial charge in [0.25, 0.3) is 0 Å². The van der Waals surface area contributed by atoms with Gasteiger partial charge in [-0.25, -0.2) is 0 Å². The summed E-state index contributed by atoms with van der Waals surface area (Å²) in [7, 11) is 1.57. The average Bonchev–Trinajstić information content (AvgIpc) is 2.64. The molecule has 0 aliphatic heterocycles. The number of aromatic nitrogens is 1. The maximum absolute atomic E-state index is 10.8. The Kier molecular flexibility index (Phi) is 3.71. The van der Waals surface area contributed by atoms with Gasteiger partial charge in [0.2, 0.25) is 0 Å². The molecule has 4 nitrogen and oxygen atoms in total. The quantitative estimate of drug-likeness (QED) is 0.898. The number of halogens is 1. The third kappa shape index (κ3) is 2.54. The highest BCUT2D eigenvalue weighted by atomic mass is 35.5. The van der Waals surface area contributed by atoms with Crippen LogP contribution in [-0.4, -0.2) is 23.2 Å². The van der Waals surface area contributed by atoms with Crippen molar-refractivity contribution in [2.75, 3.05) is 7.11 Å². The molecule has 1 aromatic heterocycles. The summed E-state index contributed by atoms with van der Waals surface area (Å²) in [4.78, 5) is 14.1. The SMILES string of the molecule is COc1cc2c(C)c(C(C)CC(=O)O)[nH]c2cc1Cl. The van der Waals surface area contributed by atoms with Crippen molar-refractivity contribution in [1.82, 2.24) is 4.98 Å². The van der Waals surface area contributed by atoms with Gasteiger partial charge in [0.15, 0.2) is 0 Å². The van der Waals surface area contributed by atoms with Gasteiger partial charge in [-0.2, -0.15) is 0 Å². The predicted molar refractivity (Wildman–Crippen MR) is 75.3 cm³/mol. The van der Waals surface area contributed by atoms with Crippen molar-refractivity contribution in [3.05, 3.63) is 28.4 Å². The zero-order valence-electron chi connectivity index (χ0n) is 11.1. The second-order valence-electron chi connectivity index (χ2n) is 4.69. The zero-order valence-corrected chi connectivity index (χ0v) is 11.8. The molecule has 1 heterocycles. The fourth-order valence-corrected chi connectivity index (χ4v) is 2.61. The standard InChI is InChI=1S/C14H16ClNO3/c1-7(4-13(17)18)14-8(2)9-5-12(19-3)10(15)6-11(9)16-14/h5-7,16H,4H2,1-3H3,(H,17,18). The normalized spacial score (nSPS) is 12.6. The molecule has 0 amide bonds. The van der Waals surface area contributed by atoms with Crippen LogP contribution < -0.4 is 4.74 Å². The molecule has 2 N–H and O–H groups in total. The van der Waals surface area contributed by atoms with E-state index in [9.17, 15) is 4.79 Å². The van der Waals surface area contributed by atoms with Gasteiger partial charge in [0.05, 0.1) is 18.6 Å². The molecule has 0 radical (unpaired) electrons. The number of carbonyl (C=O) groups is 1. The van der Waals surface area contributed by atoms with Crippen molar-refractivity contribution in [2.24, 2.45) is 0 Å². The van der Waals surface area contributed by atoms with E-state index in [-0.39, 0.29) is 12.3 Å². The monoisotopic (exact) mass is 281 g/mol. The molecular weight excluding hydrogens is 266 g/mol. The first-order valence-electron chi connectivity index (χ1n) is 6.01. The molecule has 0 saturated carbocycles. The van der Waals surface area contributed by atoms with Gasteiger partial charge in [0, 0.05) is 22.5 Å². The van der Waals surface area contributed by atoms with E-state index in [1.54, 1.807) is 13.2 Å². The molecule has 1 atom stereocenters. The van der Waals surface area contributed by atoms with E-state index in [0.29, 0.717) is 10.8 Å². The summed E-state index contributed by atoms with van der Waals surface area (Å²) in [6, 6.07) is 3.68. The van der Waals surface area contributed by atoms with E-state index in [2.05, 4.69) is 4.98 Å². The molecule has 102 valence electrons. The number of aliphatic carboxylic acids is 1. The minimum Gasteiger partial charge on any atom is -0.495 e. The van der Waals surface area contributed by atoms with Gasteiger partial charge in [-0.15, -0.1) is 0 Å². The largest absolute Gasteiger partial charge is 0.495 e. The molecule has 0 fully saturated rings. The van der Waals surface area contributed by atoms with Gasteiger partial charge < -0.3 is 14.8 Å². The van der Waals surface area contributed by atoms with Crippen LogP contribution in [0, 0.1) is 6.92 Å². The van der Waals surface area contributed by atoms with Gasteiger partial charge in [-0.1, -0.05) is 18.5 Å². The molecule has 2 rings (SSSR count). The molecule has 0 aliphatic carbocycles. The topological polar surface area (TPSA) is 62.3 Å². The van der Waals surface area contributed by atoms with Gasteiger partial charge in [0.1, 0.15) is 5.75 Å². The number of aryl methyl sites for hydroxylation is 1. The van der Waals surface area contributed by atoms with Crippen molar-refractivity contribution < 1.29 is 14.6 Å². The van der Waals surface area contributed by atoms with Crippen LogP contribution in [0.15, 0.2) is 12.1 Å². The smallest absolute Gasteiger partial charge is 0.304 e. The first-order valence-corrected chi connectivity index (χ1v) is 6.39. The summed E-state index contributed by atoms with van der Waals surface area (Å²) in [5.74, 6) is -0.260. The third-order valence-corrected chi connectivity index (χ3v) is 3.64. The number of methoxy groups -OCH3 is 1. The maximum atomic E-state index is 10.8. The van der Waals surface area contributed by atoms with Crippen LogP contribution in [0.4, 0.5) is 0 Å². The number of hydrogen-bond donors (Lipinski definition) is 2. The molecule has 1 aromatic carbocycles. The molecule has 19 heavy (non-hydrogen) atoms. The van der Waals surface area contributed by atoms with Crippen LogP contribution in [-0.2, 0) is 4.79 Å². The number of hydrogen-bond acceptors (Lipinski definition) is 2. The summed E-state index contributed by atoms with van der Waals surface area (Å²) >= 11 is 6.09. The Hall–Kier alpha value is -1.68. The van der Waals surface area contributed by atoms with Gasteiger partial charge in [-0.05, 0) is 24.6 Å². The Morgan fingerprint density at radius 1 is 1.53 bits per heavy atom. The molecule has 0 aliphatic rings. The van der Waals surface area contributed by atoms with Crippen LogP contribution >= 0.6 is 11.6 Å². The molecule has 0 saturated heterocycles.